The van der Waals surface area contributed by atoms with Crippen LogP contribution in [-0.4, -0.2) is 47.6 Å². The summed E-state index contributed by atoms with van der Waals surface area (Å²) < 4.78 is 13.3. The maximum absolute atomic E-state index is 13.4. The summed E-state index contributed by atoms with van der Waals surface area (Å²) in [4.78, 5) is 45.3. The van der Waals surface area contributed by atoms with Crippen molar-refractivity contribution in [2.75, 3.05) is 23.8 Å². The van der Waals surface area contributed by atoms with Gasteiger partial charge in [0, 0.05) is 25.7 Å². The van der Waals surface area contributed by atoms with Crippen molar-refractivity contribution in [3.63, 3.8) is 0 Å². The summed E-state index contributed by atoms with van der Waals surface area (Å²) in [6, 6.07) is 9.86. The normalized spacial score (nSPS) is 20.3. The number of dihydropyridines is 1. The summed E-state index contributed by atoms with van der Waals surface area (Å²) in [5.41, 5.74) is 0.504. The lowest BCUT2D eigenvalue weighted by atomic mass is 9.91. The van der Waals surface area contributed by atoms with Gasteiger partial charge in [-0.15, -0.1) is 0 Å². The van der Waals surface area contributed by atoms with E-state index in [2.05, 4.69) is 10.3 Å². The molecule has 0 bridgehead atoms. The van der Waals surface area contributed by atoms with Gasteiger partial charge in [-0.25, -0.2) is 14.1 Å². The first-order valence-corrected chi connectivity index (χ1v) is 10.8. The number of rotatable bonds is 5. The van der Waals surface area contributed by atoms with Gasteiger partial charge in [0.2, 0.25) is 0 Å². The third-order valence-electron chi connectivity index (χ3n) is 5.88. The third kappa shape index (κ3) is 4.26. The van der Waals surface area contributed by atoms with E-state index in [1.165, 1.54) is 29.2 Å². The van der Waals surface area contributed by atoms with Crippen LogP contribution in [0, 0.1) is 5.82 Å². The molecular formula is C24H22ClFN4O3. The SMILES string of the molecule is CN1C(=O)N(c2ccc(NC(=O)C3=NCCC=C3)cc2Cl)C(=O)[C@]1(C)Cc1ccc(F)cc1. The second-order valence-corrected chi connectivity index (χ2v) is 8.54. The Labute approximate surface area is 195 Å². The standard InChI is InChI=1S/C24H22ClFN4O3/c1-24(14-15-6-8-16(26)9-7-15)22(32)30(23(33)29(24)2)20-11-10-17(13-18(20)25)28-21(31)19-5-3-4-12-27-19/h3,5-11,13H,4,12,14H2,1-2H3,(H,28,31)/t24-/m0/s1. The number of benzene rings is 2. The maximum atomic E-state index is 13.4. The average Bonchev–Trinajstić information content (AvgIpc) is 2.96. The predicted molar refractivity (Wildman–Crippen MR) is 125 cm³/mol. The van der Waals surface area contributed by atoms with Gasteiger partial charge in [-0.05, 0) is 55.3 Å². The maximum Gasteiger partial charge on any atom is 0.332 e. The highest BCUT2D eigenvalue weighted by Crippen LogP contribution is 2.37. The molecule has 33 heavy (non-hydrogen) atoms. The first-order chi connectivity index (χ1) is 15.7. The van der Waals surface area contributed by atoms with Crippen molar-refractivity contribution in [2.45, 2.75) is 25.3 Å². The zero-order chi connectivity index (χ0) is 23.8. The number of likely N-dealkylation sites (N-methyl/N-ethyl adjacent to an activating group) is 1. The molecule has 0 aromatic heterocycles. The summed E-state index contributed by atoms with van der Waals surface area (Å²) in [6.07, 6.45) is 4.55. The first kappa shape index (κ1) is 22.7. The van der Waals surface area contributed by atoms with Crippen LogP contribution in [0.3, 0.4) is 0 Å². The Morgan fingerprint density at radius 2 is 1.94 bits per heavy atom. The van der Waals surface area contributed by atoms with Crippen LogP contribution in [0.1, 0.15) is 18.9 Å². The van der Waals surface area contributed by atoms with E-state index in [4.69, 9.17) is 11.6 Å². The van der Waals surface area contributed by atoms with Crippen LogP contribution >= 0.6 is 11.6 Å². The molecule has 2 heterocycles. The van der Waals surface area contributed by atoms with Crippen molar-refractivity contribution in [1.29, 1.82) is 0 Å². The highest BCUT2D eigenvalue weighted by atomic mass is 35.5. The molecule has 2 aliphatic heterocycles. The van der Waals surface area contributed by atoms with Crippen LogP contribution in [0.2, 0.25) is 5.02 Å². The van der Waals surface area contributed by atoms with E-state index in [1.54, 1.807) is 38.2 Å². The lowest BCUT2D eigenvalue weighted by Gasteiger charge is -2.28. The second kappa shape index (κ2) is 8.78. The van der Waals surface area contributed by atoms with Gasteiger partial charge in [0.15, 0.2) is 0 Å². The average molecular weight is 469 g/mol. The fourth-order valence-electron chi connectivity index (χ4n) is 3.85. The van der Waals surface area contributed by atoms with Crippen molar-refractivity contribution in [3.8, 4) is 0 Å². The smallest absolute Gasteiger partial charge is 0.321 e. The summed E-state index contributed by atoms with van der Waals surface area (Å²) >= 11 is 6.43. The number of imide groups is 1. The summed E-state index contributed by atoms with van der Waals surface area (Å²) in [7, 11) is 1.55. The van der Waals surface area contributed by atoms with E-state index in [-0.39, 0.29) is 28.9 Å². The topological polar surface area (TPSA) is 82.1 Å². The molecule has 2 aromatic rings. The Morgan fingerprint density at radius 1 is 1.21 bits per heavy atom. The van der Waals surface area contributed by atoms with Crippen LogP contribution in [0.4, 0.5) is 20.6 Å². The van der Waals surface area contributed by atoms with Gasteiger partial charge >= 0.3 is 6.03 Å². The third-order valence-corrected chi connectivity index (χ3v) is 6.18. The molecule has 4 rings (SSSR count). The molecule has 1 fully saturated rings. The Morgan fingerprint density at radius 3 is 2.58 bits per heavy atom. The summed E-state index contributed by atoms with van der Waals surface area (Å²) in [6.45, 7) is 2.22. The van der Waals surface area contributed by atoms with E-state index in [1.807, 2.05) is 6.08 Å². The predicted octanol–water partition coefficient (Wildman–Crippen LogP) is 4.22. The van der Waals surface area contributed by atoms with Crippen molar-refractivity contribution in [1.82, 2.24) is 4.90 Å². The lowest BCUT2D eigenvalue weighted by Crippen LogP contribution is -2.47. The zero-order valence-electron chi connectivity index (χ0n) is 18.1. The highest BCUT2D eigenvalue weighted by molar-refractivity contribution is 6.47. The lowest BCUT2D eigenvalue weighted by molar-refractivity contribution is -0.123. The van der Waals surface area contributed by atoms with Gasteiger partial charge in [-0.2, -0.15) is 0 Å². The van der Waals surface area contributed by atoms with E-state index in [9.17, 15) is 18.8 Å². The molecule has 1 atom stereocenters. The number of hydrogen-bond acceptors (Lipinski definition) is 4. The first-order valence-electron chi connectivity index (χ1n) is 10.4. The Kier molecular flexibility index (Phi) is 6.03. The molecule has 0 radical (unpaired) electrons. The molecule has 2 aliphatic rings. The Bertz CT molecular complexity index is 1190. The molecule has 0 unspecified atom stereocenters. The number of hydrogen-bond donors (Lipinski definition) is 1. The van der Waals surface area contributed by atoms with Crippen molar-refractivity contribution >= 4 is 46.5 Å². The summed E-state index contributed by atoms with van der Waals surface area (Å²) in [5.74, 6) is -1.19. The molecule has 9 heteroatoms. The number of halogens is 2. The van der Waals surface area contributed by atoms with Gasteiger partial charge in [0.05, 0.1) is 10.7 Å². The zero-order valence-corrected chi connectivity index (χ0v) is 18.9. The minimum atomic E-state index is -1.17. The Hall–Kier alpha value is -3.52. The van der Waals surface area contributed by atoms with Crippen molar-refractivity contribution < 1.29 is 18.8 Å². The van der Waals surface area contributed by atoms with Crippen molar-refractivity contribution in [3.05, 3.63) is 71.0 Å². The quantitative estimate of drug-likeness (QED) is 0.667. The molecule has 1 N–H and O–H groups in total. The minimum absolute atomic E-state index is 0.134. The number of nitrogens with one attached hydrogen (secondary N) is 1. The molecule has 170 valence electrons. The number of aliphatic imine (C=N–C) groups is 1. The highest BCUT2D eigenvalue weighted by Gasteiger charge is 2.53. The molecule has 0 saturated carbocycles. The van der Waals surface area contributed by atoms with Crippen molar-refractivity contribution in [2.24, 2.45) is 4.99 Å². The number of amides is 4. The van der Waals surface area contributed by atoms with Gasteiger partial charge in [-0.1, -0.05) is 29.8 Å². The van der Waals surface area contributed by atoms with Crippen LogP contribution in [0.5, 0.6) is 0 Å². The van der Waals surface area contributed by atoms with Crippen LogP contribution in [0.25, 0.3) is 0 Å². The van der Waals surface area contributed by atoms with Gasteiger partial charge in [-0.3, -0.25) is 14.6 Å². The van der Waals surface area contributed by atoms with E-state index < -0.39 is 17.5 Å². The number of urea groups is 1. The molecule has 7 nitrogen and oxygen atoms in total. The van der Waals surface area contributed by atoms with E-state index >= 15 is 0 Å². The molecule has 2 aromatic carbocycles. The van der Waals surface area contributed by atoms with E-state index in [0.717, 1.165) is 16.9 Å². The molecular weight excluding hydrogens is 447 g/mol. The van der Waals surface area contributed by atoms with Crippen LogP contribution in [0.15, 0.2) is 59.6 Å². The molecule has 0 aliphatic carbocycles. The number of anilines is 2. The molecule has 0 spiro atoms. The van der Waals surface area contributed by atoms with Crippen LogP contribution < -0.4 is 10.2 Å². The minimum Gasteiger partial charge on any atom is -0.321 e. The Balaban J connectivity index is 1.56. The second-order valence-electron chi connectivity index (χ2n) is 8.14. The van der Waals surface area contributed by atoms with Gasteiger partial charge in [0.1, 0.15) is 17.1 Å². The van der Waals surface area contributed by atoms with Gasteiger partial charge < -0.3 is 10.2 Å². The van der Waals surface area contributed by atoms with Gasteiger partial charge in [0.25, 0.3) is 11.8 Å². The number of nitrogens with zero attached hydrogens (tertiary/aromatic N) is 3. The molecule has 4 amide bonds. The van der Waals surface area contributed by atoms with Crippen LogP contribution in [-0.2, 0) is 16.0 Å². The van der Waals surface area contributed by atoms with E-state index in [0.29, 0.717) is 17.9 Å². The number of carbonyl (C=O) groups excluding carboxylic acids is 3. The summed E-state index contributed by atoms with van der Waals surface area (Å²) in [5, 5.41) is 2.85. The largest absolute Gasteiger partial charge is 0.332 e. The monoisotopic (exact) mass is 468 g/mol. The number of carbonyl (C=O) groups is 3. The molecule has 1 saturated heterocycles. The fraction of sp³-hybridized carbons (Fsp3) is 0.250. The fourth-order valence-corrected chi connectivity index (χ4v) is 4.12.